The third-order valence-electron chi connectivity index (χ3n) is 3.65. The molecular weight excluding hydrogens is 236 g/mol. The molecular formula is C17H16O2. The van der Waals surface area contributed by atoms with Crippen molar-refractivity contribution in [1.82, 2.24) is 0 Å². The van der Waals surface area contributed by atoms with Crippen LogP contribution in [0.1, 0.15) is 29.0 Å². The molecule has 0 bridgehead atoms. The first-order valence-electron chi connectivity index (χ1n) is 6.49. The maximum absolute atomic E-state index is 9.86. The molecule has 0 saturated heterocycles. The van der Waals surface area contributed by atoms with Gasteiger partial charge in [0.2, 0.25) is 0 Å². The molecule has 3 rings (SSSR count). The maximum atomic E-state index is 9.86. The second-order valence-electron chi connectivity index (χ2n) is 4.82. The number of methoxy groups -OCH3 is 1. The lowest BCUT2D eigenvalue weighted by atomic mass is 9.80. The lowest BCUT2D eigenvalue weighted by Gasteiger charge is -2.24. The number of aromatic hydroxyl groups is 1. The summed E-state index contributed by atoms with van der Waals surface area (Å²) in [6.45, 7) is 0. The molecule has 1 N–H and O–H groups in total. The Bertz CT molecular complexity index is 590. The number of ether oxygens (including phenoxy) is 1. The molecule has 2 nitrogen and oxygen atoms in total. The van der Waals surface area contributed by atoms with Crippen molar-refractivity contribution in [2.45, 2.75) is 18.8 Å². The van der Waals surface area contributed by atoms with Crippen molar-refractivity contribution in [1.29, 1.82) is 0 Å². The zero-order valence-corrected chi connectivity index (χ0v) is 10.9. The predicted octanol–water partition coefficient (Wildman–Crippen LogP) is 3.56. The van der Waals surface area contributed by atoms with Gasteiger partial charge in [-0.05, 0) is 47.6 Å². The summed E-state index contributed by atoms with van der Waals surface area (Å²) >= 11 is 0. The molecule has 2 aromatic carbocycles. The van der Waals surface area contributed by atoms with Gasteiger partial charge in [0, 0.05) is 6.42 Å². The molecule has 2 aromatic rings. The van der Waals surface area contributed by atoms with Crippen LogP contribution in [0.25, 0.3) is 0 Å². The maximum Gasteiger partial charge on any atom is 0.160 e. The average molecular weight is 252 g/mol. The van der Waals surface area contributed by atoms with E-state index in [2.05, 4.69) is 24.6 Å². The van der Waals surface area contributed by atoms with Crippen molar-refractivity contribution in [2.75, 3.05) is 7.11 Å². The smallest absolute Gasteiger partial charge is 0.160 e. The van der Waals surface area contributed by atoms with Gasteiger partial charge in [-0.25, -0.2) is 0 Å². The van der Waals surface area contributed by atoms with Crippen molar-refractivity contribution < 1.29 is 9.84 Å². The number of phenols is 1. The normalized spacial score (nSPS) is 17.8. The monoisotopic (exact) mass is 252 g/mol. The number of hydrogen-bond donors (Lipinski definition) is 1. The van der Waals surface area contributed by atoms with Crippen LogP contribution in [-0.2, 0) is 6.42 Å². The van der Waals surface area contributed by atoms with Gasteiger partial charge in [0.05, 0.1) is 7.11 Å². The molecule has 96 valence electrons. The SMILES string of the molecule is COc1ccc(C2[C]c3ccccc3CC2)cc1O. The Morgan fingerprint density at radius 2 is 2.05 bits per heavy atom. The number of hydrogen-bond acceptors (Lipinski definition) is 2. The van der Waals surface area contributed by atoms with Crippen LogP contribution in [0, 0.1) is 6.42 Å². The molecule has 0 heterocycles. The predicted molar refractivity (Wildman–Crippen MR) is 74.5 cm³/mol. The third-order valence-corrected chi connectivity index (χ3v) is 3.65. The van der Waals surface area contributed by atoms with Crippen molar-refractivity contribution in [3.8, 4) is 11.5 Å². The second-order valence-corrected chi connectivity index (χ2v) is 4.82. The van der Waals surface area contributed by atoms with Crippen LogP contribution in [0.4, 0.5) is 0 Å². The van der Waals surface area contributed by atoms with Gasteiger partial charge in [-0.15, -0.1) is 0 Å². The van der Waals surface area contributed by atoms with E-state index >= 15 is 0 Å². The molecule has 19 heavy (non-hydrogen) atoms. The molecule has 2 radical (unpaired) electrons. The average Bonchev–Trinajstić information content (AvgIpc) is 2.46. The first-order chi connectivity index (χ1) is 9.28. The van der Waals surface area contributed by atoms with Gasteiger partial charge < -0.3 is 9.84 Å². The molecule has 0 aromatic heterocycles. The minimum Gasteiger partial charge on any atom is -0.504 e. The van der Waals surface area contributed by atoms with Crippen LogP contribution in [0.3, 0.4) is 0 Å². The zero-order chi connectivity index (χ0) is 13.2. The van der Waals surface area contributed by atoms with Gasteiger partial charge in [-0.2, -0.15) is 0 Å². The van der Waals surface area contributed by atoms with E-state index in [1.165, 1.54) is 11.1 Å². The minimum atomic E-state index is 0.195. The molecule has 2 heteroatoms. The lowest BCUT2D eigenvalue weighted by molar-refractivity contribution is 0.373. The molecule has 0 amide bonds. The summed E-state index contributed by atoms with van der Waals surface area (Å²) in [4.78, 5) is 0. The van der Waals surface area contributed by atoms with Gasteiger partial charge in [-0.3, -0.25) is 0 Å². The Hall–Kier alpha value is -1.96. The van der Waals surface area contributed by atoms with Crippen LogP contribution in [-0.4, -0.2) is 12.2 Å². The summed E-state index contributed by atoms with van der Waals surface area (Å²) < 4.78 is 5.07. The van der Waals surface area contributed by atoms with Crippen molar-refractivity contribution in [3.63, 3.8) is 0 Å². The minimum absolute atomic E-state index is 0.195. The van der Waals surface area contributed by atoms with Crippen LogP contribution in [0.15, 0.2) is 42.5 Å². The van der Waals surface area contributed by atoms with Crippen LogP contribution >= 0.6 is 0 Å². The van der Waals surface area contributed by atoms with Crippen LogP contribution in [0.5, 0.6) is 11.5 Å². The summed E-state index contributed by atoms with van der Waals surface area (Å²) in [5, 5.41) is 9.86. The molecule has 0 fully saturated rings. The van der Waals surface area contributed by atoms with Gasteiger partial charge in [-0.1, -0.05) is 30.3 Å². The summed E-state index contributed by atoms with van der Waals surface area (Å²) in [6.07, 6.45) is 5.61. The third kappa shape index (κ3) is 2.30. The summed E-state index contributed by atoms with van der Waals surface area (Å²) in [6, 6.07) is 14.0. The Kier molecular flexibility index (Phi) is 3.16. The summed E-state index contributed by atoms with van der Waals surface area (Å²) in [5.41, 5.74) is 3.64. The molecule has 1 unspecified atom stereocenters. The molecule has 1 atom stereocenters. The number of fused-ring (bicyclic) bond motifs is 1. The highest BCUT2D eigenvalue weighted by Crippen LogP contribution is 2.37. The highest BCUT2D eigenvalue weighted by atomic mass is 16.5. The fourth-order valence-corrected chi connectivity index (χ4v) is 2.61. The van der Waals surface area contributed by atoms with Crippen LogP contribution in [0.2, 0.25) is 0 Å². The fraction of sp³-hybridized carbons (Fsp3) is 0.235. The van der Waals surface area contributed by atoms with Crippen molar-refractivity contribution in [3.05, 3.63) is 65.6 Å². The topological polar surface area (TPSA) is 29.5 Å². The van der Waals surface area contributed by atoms with Gasteiger partial charge >= 0.3 is 0 Å². The van der Waals surface area contributed by atoms with Crippen molar-refractivity contribution >= 4 is 0 Å². The number of benzene rings is 2. The highest BCUT2D eigenvalue weighted by molar-refractivity contribution is 5.46. The number of aryl methyl sites for hydroxylation is 1. The summed E-state index contributed by atoms with van der Waals surface area (Å²) in [5.74, 6) is 0.951. The van der Waals surface area contributed by atoms with E-state index in [0.717, 1.165) is 18.4 Å². The highest BCUT2D eigenvalue weighted by Gasteiger charge is 2.21. The molecule has 1 aliphatic carbocycles. The van der Waals surface area contributed by atoms with E-state index in [1.54, 1.807) is 13.2 Å². The molecule has 0 saturated carbocycles. The number of phenolic OH excluding ortho intramolecular Hbond substituents is 1. The molecule has 0 aliphatic heterocycles. The lowest BCUT2D eigenvalue weighted by Crippen LogP contribution is -2.10. The number of rotatable bonds is 2. The molecule has 1 aliphatic rings. The van der Waals surface area contributed by atoms with Gasteiger partial charge in [0.1, 0.15) is 0 Å². The van der Waals surface area contributed by atoms with E-state index in [1.807, 2.05) is 18.2 Å². The first kappa shape index (κ1) is 12.1. The second kappa shape index (κ2) is 4.96. The van der Waals surface area contributed by atoms with E-state index in [0.29, 0.717) is 5.75 Å². The largest absolute Gasteiger partial charge is 0.504 e. The molecule has 0 spiro atoms. The Morgan fingerprint density at radius 3 is 2.84 bits per heavy atom. The van der Waals surface area contributed by atoms with Gasteiger partial charge in [0.15, 0.2) is 11.5 Å². The van der Waals surface area contributed by atoms with E-state index < -0.39 is 0 Å². The first-order valence-corrected chi connectivity index (χ1v) is 6.49. The standard InChI is InChI=1S/C17H16O2/c1-19-17-9-8-15(11-16(17)18)14-7-6-12-4-2-3-5-13(12)10-14/h2-5,8-9,11,14,18H,6-7H2,1H3. The van der Waals surface area contributed by atoms with Crippen LogP contribution < -0.4 is 4.74 Å². The quantitative estimate of drug-likeness (QED) is 0.885. The van der Waals surface area contributed by atoms with Crippen molar-refractivity contribution in [2.24, 2.45) is 0 Å². The Morgan fingerprint density at radius 1 is 1.21 bits per heavy atom. The summed E-state index contributed by atoms with van der Waals surface area (Å²) in [7, 11) is 1.56. The van der Waals surface area contributed by atoms with E-state index in [4.69, 9.17) is 4.74 Å². The van der Waals surface area contributed by atoms with Gasteiger partial charge in [0.25, 0.3) is 0 Å². The fourth-order valence-electron chi connectivity index (χ4n) is 2.61. The van der Waals surface area contributed by atoms with E-state index in [9.17, 15) is 5.11 Å². The zero-order valence-electron chi connectivity index (χ0n) is 10.9. The Balaban J connectivity index is 1.87. The Labute approximate surface area is 113 Å². The van der Waals surface area contributed by atoms with E-state index in [-0.39, 0.29) is 11.7 Å².